The summed E-state index contributed by atoms with van der Waals surface area (Å²) in [6, 6.07) is 4.56. The summed E-state index contributed by atoms with van der Waals surface area (Å²) in [4.78, 5) is 12.3. The summed E-state index contributed by atoms with van der Waals surface area (Å²) in [7, 11) is 1.84. The van der Waals surface area contributed by atoms with E-state index in [0.29, 0.717) is 22.0 Å². The zero-order chi connectivity index (χ0) is 20.4. The van der Waals surface area contributed by atoms with E-state index < -0.39 is 0 Å². The number of aryl methyl sites for hydroxylation is 2. The van der Waals surface area contributed by atoms with Crippen LogP contribution in [0.25, 0.3) is 6.08 Å². The normalized spacial score (nSPS) is 11.4. The molecule has 0 aliphatic rings. The summed E-state index contributed by atoms with van der Waals surface area (Å²) in [5.74, 6) is -0.668. The fourth-order valence-corrected chi connectivity index (χ4v) is 3.10. The smallest absolute Gasteiger partial charge is 0.248 e. The Hall–Kier alpha value is -2.93. The number of carbonyl (C=O) groups is 1. The number of anilines is 1. The van der Waals surface area contributed by atoms with Gasteiger partial charge in [0.1, 0.15) is 5.82 Å². The number of amides is 1. The third-order valence-corrected chi connectivity index (χ3v) is 5.04. The predicted molar refractivity (Wildman–Crippen MR) is 108 cm³/mol. The second-order valence-electron chi connectivity index (χ2n) is 6.54. The Balaban J connectivity index is 1.78. The topological polar surface area (TPSA) is 64.7 Å². The monoisotopic (exact) mass is 401 g/mol. The Kier molecular flexibility index (Phi) is 5.65. The largest absolute Gasteiger partial charge is 0.319 e. The molecule has 0 atom stereocenters. The average molecular weight is 402 g/mol. The fourth-order valence-electron chi connectivity index (χ4n) is 2.87. The van der Waals surface area contributed by atoms with Crippen molar-refractivity contribution in [1.82, 2.24) is 19.6 Å². The van der Waals surface area contributed by atoms with E-state index in [1.54, 1.807) is 40.7 Å². The van der Waals surface area contributed by atoms with Crippen LogP contribution in [0.3, 0.4) is 0 Å². The molecule has 0 radical (unpaired) electrons. The standard InChI is InChI=1S/C20H21ClFN5O/c1-12-20(24-19(28)9-8-15-10-23-26(4)13(15)2)14(3)27(25-12)11-16-17(21)6-5-7-18(16)22/h5-10H,11H2,1-4H3,(H,24,28). The first-order valence-corrected chi connectivity index (χ1v) is 9.10. The van der Waals surface area contributed by atoms with Gasteiger partial charge >= 0.3 is 0 Å². The molecule has 0 spiro atoms. The van der Waals surface area contributed by atoms with Crippen LogP contribution in [0.2, 0.25) is 5.02 Å². The number of hydrogen-bond acceptors (Lipinski definition) is 3. The lowest BCUT2D eigenvalue weighted by Crippen LogP contribution is -2.10. The van der Waals surface area contributed by atoms with E-state index in [-0.39, 0.29) is 18.3 Å². The highest BCUT2D eigenvalue weighted by atomic mass is 35.5. The number of hydrogen-bond donors (Lipinski definition) is 1. The van der Waals surface area contributed by atoms with Crippen LogP contribution in [0.1, 0.15) is 28.2 Å². The molecule has 3 aromatic rings. The van der Waals surface area contributed by atoms with Crippen molar-refractivity contribution in [3.05, 3.63) is 69.5 Å². The van der Waals surface area contributed by atoms with E-state index in [1.807, 2.05) is 20.9 Å². The molecule has 0 aliphatic carbocycles. The maximum Gasteiger partial charge on any atom is 0.248 e. The van der Waals surface area contributed by atoms with Gasteiger partial charge in [0.25, 0.3) is 0 Å². The molecule has 0 saturated heterocycles. The molecular formula is C20H21ClFN5O. The predicted octanol–water partition coefficient (Wildman–Crippen LogP) is 4.03. The third kappa shape index (κ3) is 3.99. The van der Waals surface area contributed by atoms with Crippen molar-refractivity contribution >= 4 is 29.3 Å². The minimum atomic E-state index is -0.389. The van der Waals surface area contributed by atoms with E-state index in [2.05, 4.69) is 15.5 Å². The molecule has 3 rings (SSSR count). The van der Waals surface area contributed by atoms with Crippen LogP contribution in [0, 0.1) is 26.6 Å². The number of nitrogens with one attached hydrogen (secondary N) is 1. The maximum absolute atomic E-state index is 14.1. The number of benzene rings is 1. The number of nitrogens with zero attached hydrogens (tertiary/aromatic N) is 4. The van der Waals surface area contributed by atoms with Gasteiger partial charge in [-0.05, 0) is 39.0 Å². The lowest BCUT2D eigenvalue weighted by atomic mass is 10.2. The highest BCUT2D eigenvalue weighted by molar-refractivity contribution is 6.31. The first-order chi connectivity index (χ1) is 13.3. The number of carbonyl (C=O) groups excluding carboxylic acids is 1. The van der Waals surface area contributed by atoms with Crippen molar-refractivity contribution in [2.24, 2.45) is 7.05 Å². The zero-order valence-electron chi connectivity index (χ0n) is 16.1. The highest BCUT2D eigenvalue weighted by Gasteiger charge is 2.16. The lowest BCUT2D eigenvalue weighted by molar-refractivity contribution is -0.111. The molecule has 0 fully saturated rings. The number of rotatable bonds is 5. The quantitative estimate of drug-likeness (QED) is 0.656. The minimum absolute atomic E-state index is 0.179. The van der Waals surface area contributed by atoms with Gasteiger partial charge in [-0.1, -0.05) is 17.7 Å². The fraction of sp³-hybridized carbons (Fsp3) is 0.250. The zero-order valence-corrected chi connectivity index (χ0v) is 16.9. The summed E-state index contributed by atoms with van der Waals surface area (Å²) in [5.41, 5.74) is 4.16. The molecule has 0 unspecified atom stereocenters. The molecule has 1 N–H and O–H groups in total. The van der Waals surface area contributed by atoms with E-state index in [9.17, 15) is 9.18 Å². The van der Waals surface area contributed by atoms with Crippen LogP contribution >= 0.6 is 11.6 Å². The van der Waals surface area contributed by atoms with Gasteiger partial charge in [0.15, 0.2) is 0 Å². The Morgan fingerprint density at radius 2 is 2.04 bits per heavy atom. The van der Waals surface area contributed by atoms with E-state index in [1.165, 1.54) is 12.1 Å². The van der Waals surface area contributed by atoms with Crippen LogP contribution in [0.15, 0.2) is 30.5 Å². The number of aromatic nitrogens is 4. The van der Waals surface area contributed by atoms with Crippen molar-refractivity contribution in [3.8, 4) is 0 Å². The van der Waals surface area contributed by atoms with Crippen LogP contribution in [-0.4, -0.2) is 25.5 Å². The summed E-state index contributed by atoms with van der Waals surface area (Å²) in [5, 5.41) is 11.7. The molecule has 0 aliphatic heterocycles. The summed E-state index contributed by atoms with van der Waals surface area (Å²) >= 11 is 6.11. The van der Waals surface area contributed by atoms with Gasteiger partial charge in [0, 0.05) is 35.0 Å². The van der Waals surface area contributed by atoms with Crippen LogP contribution in [0.5, 0.6) is 0 Å². The second kappa shape index (κ2) is 7.98. The van der Waals surface area contributed by atoms with Gasteiger partial charge in [-0.25, -0.2) is 4.39 Å². The van der Waals surface area contributed by atoms with E-state index >= 15 is 0 Å². The second-order valence-corrected chi connectivity index (χ2v) is 6.94. The van der Waals surface area contributed by atoms with Gasteiger partial charge < -0.3 is 5.32 Å². The van der Waals surface area contributed by atoms with Crippen molar-refractivity contribution < 1.29 is 9.18 Å². The van der Waals surface area contributed by atoms with Gasteiger partial charge in [-0.2, -0.15) is 10.2 Å². The summed E-state index contributed by atoms with van der Waals surface area (Å²) in [6.45, 7) is 5.71. The Morgan fingerprint density at radius 1 is 1.29 bits per heavy atom. The van der Waals surface area contributed by atoms with E-state index in [4.69, 9.17) is 11.6 Å². The summed E-state index contributed by atoms with van der Waals surface area (Å²) in [6.07, 6.45) is 4.87. The molecule has 1 aromatic carbocycles. The Labute approximate surface area is 167 Å². The van der Waals surface area contributed by atoms with Gasteiger partial charge in [0.2, 0.25) is 5.91 Å². The SMILES string of the molecule is Cc1nn(Cc2c(F)cccc2Cl)c(C)c1NC(=O)C=Cc1cnn(C)c1C. The van der Waals surface area contributed by atoms with Crippen LogP contribution in [0.4, 0.5) is 10.1 Å². The van der Waals surface area contributed by atoms with Crippen molar-refractivity contribution in [2.75, 3.05) is 5.32 Å². The van der Waals surface area contributed by atoms with Gasteiger partial charge in [0.05, 0.1) is 29.8 Å². The average Bonchev–Trinajstić information content (AvgIpc) is 3.10. The molecule has 146 valence electrons. The van der Waals surface area contributed by atoms with E-state index in [0.717, 1.165) is 17.0 Å². The molecule has 28 heavy (non-hydrogen) atoms. The molecule has 0 saturated carbocycles. The molecule has 0 bridgehead atoms. The Bertz CT molecular complexity index is 1050. The van der Waals surface area contributed by atoms with Crippen molar-refractivity contribution in [2.45, 2.75) is 27.3 Å². The third-order valence-electron chi connectivity index (χ3n) is 4.69. The van der Waals surface area contributed by atoms with Crippen molar-refractivity contribution in [3.63, 3.8) is 0 Å². The highest BCUT2D eigenvalue weighted by Crippen LogP contribution is 2.24. The number of halogens is 2. The maximum atomic E-state index is 14.1. The first kappa shape index (κ1) is 19.8. The molecule has 2 aromatic heterocycles. The van der Waals surface area contributed by atoms with Crippen molar-refractivity contribution in [1.29, 1.82) is 0 Å². The molecule has 8 heteroatoms. The van der Waals surface area contributed by atoms with Gasteiger partial charge in [-0.3, -0.25) is 14.2 Å². The molecule has 1 amide bonds. The molecular weight excluding hydrogens is 381 g/mol. The first-order valence-electron chi connectivity index (χ1n) is 8.72. The van der Waals surface area contributed by atoms with Gasteiger partial charge in [-0.15, -0.1) is 0 Å². The van der Waals surface area contributed by atoms with Crippen LogP contribution in [-0.2, 0) is 18.4 Å². The molecule has 6 nitrogen and oxygen atoms in total. The lowest BCUT2D eigenvalue weighted by Gasteiger charge is -2.08. The minimum Gasteiger partial charge on any atom is -0.319 e. The molecule has 2 heterocycles. The van der Waals surface area contributed by atoms with Crippen LogP contribution < -0.4 is 5.32 Å². The Morgan fingerprint density at radius 3 is 2.68 bits per heavy atom. The summed E-state index contributed by atoms with van der Waals surface area (Å²) < 4.78 is 17.4.